The van der Waals surface area contributed by atoms with Gasteiger partial charge in [0.05, 0.1) is 11.4 Å². The molecule has 1 aliphatic rings. The fourth-order valence-electron chi connectivity index (χ4n) is 3.61. The minimum atomic E-state index is -0.503. The molecule has 1 N–H and O–H groups in total. The zero-order valence-corrected chi connectivity index (χ0v) is 21.1. The molecule has 3 amide bonds. The smallest absolute Gasteiger partial charge is 0.293 e. The van der Waals surface area contributed by atoms with Crippen molar-refractivity contribution in [2.24, 2.45) is 0 Å². The third-order valence-corrected chi connectivity index (χ3v) is 6.70. The van der Waals surface area contributed by atoms with Crippen molar-refractivity contribution in [1.82, 2.24) is 4.90 Å². The molecule has 0 unspecified atom stereocenters. The lowest BCUT2D eigenvalue weighted by Crippen LogP contribution is -2.27. The Morgan fingerprint density at radius 1 is 1.11 bits per heavy atom. The molecule has 0 aromatic heterocycles. The second-order valence-electron chi connectivity index (χ2n) is 8.20. The first kappa shape index (κ1) is 25.5. The van der Waals surface area contributed by atoms with Crippen LogP contribution in [0.25, 0.3) is 6.08 Å². The highest BCUT2D eigenvalue weighted by molar-refractivity contribution is 8.18. The van der Waals surface area contributed by atoms with Gasteiger partial charge in [0.25, 0.3) is 17.1 Å². The number of carbonyl (C=O) groups is 3. The van der Waals surface area contributed by atoms with E-state index in [0.29, 0.717) is 22.6 Å². The summed E-state index contributed by atoms with van der Waals surface area (Å²) in [7, 11) is 0. The van der Waals surface area contributed by atoms with E-state index in [1.165, 1.54) is 12.1 Å². The average molecular weight is 525 g/mol. The normalized spacial score (nSPS) is 14.4. The number of nitrogens with zero attached hydrogens (tertiary/aromatic N) is 1. The number of benzene rings is 3. The predicted molar refractivity (Wildman–Crippen MR) is 139 cm³/mol. The fourth-order valence-corrected chi connectivity index (χ4v) is 4.67. The van der Waals surface area contributed by atoms with Crippen LogP contribution >= 0.6 is 23.4 Å². The SMILES string of the molecule is Cc1ccc(NC(=O)COc2ccccc2/C=C2\SC(=O)N(Cc3ccc(F)cc3Cl)C2=O)c(C)c1. The Kier molecular flexibility index (Phi) is 7.76. The molecule has 1 aliphatic heterocycles. The Morgan fingerprint density at radius 3 is 2.64 bits per heavy atom. The lowest BCUT2D eigenvalue weighted by molar-refractivity contribution is -0.123. The Labute approximate surface area is 217 Å². The molecule has 6 nitrogen and oxygen atoms in total. The van der Waals surface area contributed by atoms with Gasteiger partial charge in [-0.1, -0.05) is 53.6 Å². The maximum atomic E-state index is 13.3. The number of imide groups is 1. The second kappa shape index (κ2) is 11.0. The van der Waals surface area contributed by atoms with E-state index in [-0.39, 0.29) is 29.0 Å². The van der Waals surface area contributed by atoms with Gasteiger partial charge >= 0.3 is 0 Å². The molecular formula is C27H22ClFN2O4S. The van der Waals surface area contributed by atoms with Crippen LogP contribution in [0.3, 0.4) is 0 Å². The summed E-state index contributed by atoms with van der Waals surface area (Å²) in [5.74, 6) is -0.931. The highest BCUT2D eigenvalue weighted by atomic mass is 35.5. The van der Waals surface area contributed by atoms with Gasteiger partial charge in [-0.05, 0) is 67.1 Å². The van der Waals surface area contributed by atoms with Crippen molar-refractivity contribution in [1.29, 1.82) is 0 Å². The second-order valence-corrected chi connectivity index (χ2v) is 9.60. The first-order valence-corrected chi connectivity index (χ1v) is 12.2. The summed E-state index contributed by atoms with van der Waals surface area (Å²) in [5.41, 5.74) is 3.75. The van der Waals surface area contributed by atoms with Gasteiger partial charge in [-0.2, -0.15) is 0 Å². The van der Waals surface area contributed by atoms with Crippen LogP contribution in [0.4, 0.5) is 14.9 Å². The van der Waals surface area contributed by atoms with E-state index in [4.69, 9.17) is 16.3 Å². The molecular weight excluding hydrogens is 503 g/mol. The van der Waals surface area contributed by atoms with Gasteiger partial charge in [0.1, 0.15) is 11.6 Å². The molecule has 0 spiro atoms. The number of hydrogen-bond acceptors (Lipinski definition) is 5. The molecule has 0 bridgehead atoms. The van der Waals surface area contributed by atoms with Crippen molar-refractivity contribution >= 4 is 52.2 Å². The quantitative estimate of drug-likeness (QED) is 0.364. The van der Waals surface area contributed by atoms with Crippen molar-refractivity contribution in [2.75, 3.05) is 11.9 Å². The van der Waals surface area contributed by atoms with Crippen molar-refractivity contribution in [2.45, 2.75) is 20.4 Å². The van der Waals surface area contributed by atoms with Crippen molar-refractivity contribution in [3.05, 3.63) is 98.7 Å². The van der Waals surface area contributed by atoms with Gasteiger partial charge < -0.3 is 10.1 Å². The number of aryl methyl sites for hydroxylation is 2. The maximum absolute atomic E-state index is 13.3. The number of rotatable bonds is 7. The summed E-state index contributed by atoms with van der Waals surface area (Å²) in [6.07, 6.45) is 1.55. The minimum Gasteiger partial charge on any atom is -0.483 e. The van der Waals surface area contributed by atoms with Crippen molar-refractivity contribution < 1.29 is 23.5 Å². The predicted octanol–water partition coefficient (Wildman–Crippen LogP) is 6.35. The molecule has 1 heterocycles. The van der Waals surface area contributed by atoms with Crippen LogP contribution in [0.1, 0.15) is 22.3 Å². The number of carbonyl (C=O) groups excluding carboxylic acids is 3. The van der Waals surface area contributed by atoms with Gasteiger partial charge in [0.15, 0.2) is 6.61 Å². The van der Waals surface area contributed by atoms with E-state index >= 15 is 0 Å². The third-order valence-electron chi connectivity index (χ3n) is 5.44. The van der Waals surface area contributed by atoms with Crippen LogP contribution in [-0.4, -0.2) is 28.6 Å². The number of amides is 3. The molecule has 0 aliphatic carbocycles. The molecule has 9 heteroatoms. The number of nitrogens with one attached hydrogen (secondary N) is 1. The number of hydrogen-bond donors (Lipinski definition) is 1. The van der Waals surface area contributed by atoms with E-state index in [1.807, 2.05) is 32.0 Å². The summed E-state index contributed by atoms with van der Waals surface area (Å²) in [6, 6.07) is 16.4. The summed E-state index contributed by atoms with van der Waals surface area (Å²) in [4.78, 5) is 39.1. The molecule has 0 atom stereocenters. The van der Waals surface area contributed by atoms with E-state index in [0.717, 1.165) is 33.9 Å². The topological polar surface area (TPSA) is 75.7 Å². The Morgan fingerprint density at radius 2 is 1.89 bits per heavy atom. The van der Waals surface area contributed by atoms with Crippen LogP contribution in [-0.2, 0) is 16.1 Å². The first-order chi connectivity index (χ1) is 17.2. The van der Waals surface area contributed by atoms with Gasteiger partial charge in [0, 0.05) is 16.3 Å². The molecule has 0 saturated carbocycles. The Hall–Kier alpha value is -3.62. The first-order valence-electron chi connectivity index (χ1n) is 11.0. The lowest BCUT2D eigenvalue weighted by atomic mass is 10.1. The molecule has 1 fully saturated rings. The zero-order chi connectivity index (χ0) is 25.8. The number of para-hydroxylation sites is 1. The zero-order valence-electron chi connectivity index (χ0n) is 19.5. The number of thioether (sulfide) groups is 1. The van der Waals surface area contributed by atoms with Crippen LogP contribution in [0.2, 0.25) is 5.02 Å². The van der Waals surface area contributed by atoms with Crippen molar-refractivity contribution in [3.8, 4) is 5.75 Å². The molecule has 0 radical (unpaired) electrons. The van der Waals surface area contributed by atoms with Crippen LogP contribution in [0, 0.1) is 19.7 Å². The van der Waals surface area contributed by atoms with E-state index < -0.39 is 17.0 Å². The average Bonchev–Trinajstić information content (AvgIpc) is 3.09. The van der Waals surface area contributed by atoms with E-state index in [9.17, 15) is 18.8 Å². The van der Waals surface area contributed by atoms with Crippen molar-refractivity contribution in [3.63, 3.8) is 0 Å². The summed E-state index contributed by atoms with van der Waals surface area (Å²) >= 11 is 6.85. The molecule has 36 heavy (non-hydrogen) atoms. The third kappa shape index (κ3) is 5.95. The summed E-state index contributed by atoms with van der Waals surface area (Å²) in [6.45, 7) is 3.58. The van der Waals surface area contributed by atoms with Gasteiger partial charge in [-0.25, -0.2) is 4.39 Å². The largest absolute Gasteiger partial charge is 0.483 e. The molecule has 4 rings (SSSR count). The summed E-state index contributed by atoms with van der Waals surface area (Å²) in [5, 5.41) is 2.50. The standard InChI is InChI=1S/C27H22ClFN2O4S/c1-16-7-10-22(17(2)11-16)30-25(32)15-35-23-6-4-3-5-18(23)12-24-26(33)31(27(34)36-24)14-19-8-9-20(29)13-21(19)28/h3-13H,14-15H2,1-2H3,(H,30,32)/b24-12-. The van der Waals surface area contributed by atoms with Gasteiger partial charge in [0.2, 0.25) is 0 Å². The minimum absolute atomic E-state index is 0.0716. The Bertz CT molecular complexity index is 1390. The molecule has 3 aromatic carbocycles. The highest BCUT2D eigenvalue weighted by Gasteiger charge is 2.35. The van der Waals surface area contributed by atoms with E-state index in [2.05, 4.69) is 5.32 Å². The van der Waals surface area contributed by atoms with E-state index in [1.54, 1.807) is 30.3 Å². The number of halogens is 2. The lowest BCUT2D eigenvalue weighted by Gasteiger charge is -2.13. The monoisotopic (exact) mass is 524 g/mol. The van der Waals surface area contributed by atoms with Gasteiger partial charge in [-0.3, -0.25) is 19.3 Å². The maximum Gasteiger partial charge on any atom is 0.293 e. The number of ether oxygens (including phenoxy) is 1. The summed E-state index contributed by atoms with van der Waals surface area (Å²) < 4.78 is 19.1. The molecule has 3 aromatic rings. The van der Waals surface area contributed by atoms with Crippen LogP contribution < -0.4 is 10.1 Å². The molecule has 184 valence electrons. The van der Waals surface area contributed by atoms with Gasteiger partial charge in [-0.15, -0.1) is 0 Å². The highest BCUT2D eigenvalue weighted by Crippen LogP contribution is 2.35. The van der Waals surface area contributed by atoms with Crippen LogP contribution in [0.15, 0.2) is 65.6 Å². The fraction of sp³-hybridized carbons (Fsp3) is 0.148. The van der Waals surface area contributed by atoms with Crippen LogP contribution in [0.5, 0.6) is 5.75 Å². The molecule has 1 saturated heterocycles. The Balaban J connectivity index is 1.45. The number of anilines is 1.